The van der Waals surface area contributed by atoms with Gasteiger partial charge in [-0.1, -0.05) is 24.3 Å². The molecule has 5 rings (SSSR count). The molecule has 1 aliphatic carbocycles. The highest BCUT2D eigenvalue weighted by Crippen LogP contribution is 2.41. The van der Waals surface area contributed by atoms with E-state index in [1.807, 2.05) is 49.4 Å². The Morgan fingerprint density at radius 1 is 1.06 bits per heavy atom. The van der Waals surface area contributed by atoms with Gasteiger partial charge < -0.3 is 19.3 Å². The first-order valence-electron chi connectivity index (χ1n) is 11.6. The van der Waals surface area contributed by atoms with Crippen LogP contribution in [0, 0.1) is 6.92 Å². The van der Waals surface area contributed by atoms with Gasteiger partial charge in [-0.05, 0) is 61.6 Å². The van der Waals surface area contributed by atoms with Crippen molar-refractivity contribution < 1.29 is 27.7 Å². The Hall–Kier alpha value is -3.14. The standard InChI is InChI=1S/C26H28N2O6S/c1-16-22(12-13-26(27-16)32-2)34-23-5-3-4-20-21(23)10-11-24(20)33-19-8-6-17(7-9-19)18-14-25(29)28-35(30,31)15-18/h3-9,12-13,18,24-25,28-29H,10-11,14-15H2,1-2H3/t18?,24-,25?/m1/s1. The molecule has 2 aromatic carbocycles. The first kappa shape index (κ1) is 23.6. The fourth-order valence-electron chi connectivity index (χ4n) is 4.79. The van der Waals surface area contributed by atoms with Crippen LogP contribution in [0.2, 0.25) is 0 Å². The monoisotopic (exact) mass is 496 g/mol. The number of ether oxygens (including phenoxy) is 3. The number of aryl methyl sites for hydroxylation is 1. The molecule has 0 spiro atoms. The van der Waals surface area contributed by atoms with Crippen molar-refractivity contribution in [1.29, 1.82) is 0 Å². The SMILES string of the molecule is COc1ccc(Oc2cccc3c2CC[C@H]3Oc2ccc(C3CC(O)NS(=O)(=O)C3)cc2)c(C)n1. The maximum absolute atomic E-state index is 11.9. The van der Waals surface area contributed by atoms with Crippen molar-refractivity contribution >= 4 is 10.0 Å². The summed E-state index contributed by atoms with van der Waals surface area (Å²) in [7, 11) is -1.89. The van der Waals surface area contributed by atoms with E-state index in [0.717, 1.165) is 41.0 Å². The summed E-state index contributed by atoms with van der Waals surface area (Å²) in [6.45, 7) is 1.89. The Kier molecular flexibility index (Phi) is 6.39. The third kappa shape index (κ3) is 5.12. The first-order chi connectivity index (χ1) is 16.8. The van der Waals surface area contributed by atoms with Crippen molar-refractivity contribution in [2.24, 2.45) is 0 Å². The fourth-order valence-corrected chi connectivity index (χ4v) is 6.25. The molecule has 184 valence electrons. The maximum Gasteiger partial charge on any atom is 0.214 e. The van der Waals surface area contributed by atoms with E-state index < -0.39 is 16.3 Å². The zero-order valence-corrected chi connectivity index (χ0v) is 20.4. The van der Waals surface area contributed by atoms with Crippen molar-refractivity contribution in [2.45, 2.75) is 44.4 Å². The summed E-state index contributed by atoms with van der Waals surface area (Å²) in [4.78, 5) is 4.38. The number of sulfonamides is 1. The second-order valence-electron chi connectivity index (χ2n) is 8.93. The first-order valence-corrected chi connectivity index (χ1v) is 13.2. The van der Waals surface area contributed by atoms with Crippen LogP contribution in [0.5, 0.6) is 23.1 Å². The molecule has 2 aliphatic rings. The van der Waals surface area contributed by atoms with E-state index in [2.05, 4.69) is 15.8 Å². The highest BCUT2D eigenvalue weighted by Gasteiger charge is 2.31. The number of hydrogen-bond donors (Lipinski definition) is 2. The molecule has 3 aromatic rings. The minimum Gasteiger partial charge on any atom is -0.486 e. The number of aliphatic hydroxyl groups excluding tert-OH is 1. The molecular formula is C26H28N2O6S. The molecule has 1 aliphatic heterocycles. The van der Waals surface area contributed by atoms with Gasteiger partial charge in [0.1, 0.15) is 29.6 Å². The van der Waals surface area contributed by atoms with Gasteiger partial charge in [-0.15, -0.1) is 0 Å². The van der Waals surface area contributed by atoms with Gasteiger partial charge >= 0.3 is 0 Å². The quantitative estimate of drug-likeness (QED) is 0.532. The molecule has 1 aromatic heterocycles. The lowest BCUT2D eigenvalue weighted by atomic mass is 9.96. The van der Waals surface area contributed by atoms with Gasteiger partial charge in [0.2, 0.25) is 15.9 Å². The van der Waals surface area contributed by atoms with Gasteiger partial charge in [0, 0.05) is 17.5 Å². The van der Waals surface area contributed by atoms with E-state index in [4.69, 9.17) is 14.2 Å². The topological polar surface area (TPSA) is 107 Å². The van der Waals surface area contributed by atoms with Crippen LogP contribution in [0.15, 0.2) is 54.6 Å². The predicted octanol–water partition coefficient (Wildman–Crippen LogP) is 3.98. The normalized spacial score (nSPS) is 22.9. The molecule has 2 N–H and O–H groups in total. The zero-order chi connectivity index (χ0) is 24.6. The molecule has 9 heteroatoms. The molecule has 2 unspecified atom stereocenters. The van der Waals surface area contributed by atoms with Crippen LogP contribution in [-0.4, -0.2) is 37.6 Å². The van der Waals surface area contributed by atoms with Crippen LogP contribution >= 0.6 is 0 Å². The van der Waals surface area contributed by atoms with Gasteiger partial charge in [0.05, 0.1) is 18.6 Å². The largest absolute Gasteiger partial charge is 0.486 e. The molecule has 8 nitrogen and oxygen atoms in total. The number of aliphatic hydroxyl groups is 1. The summed E-state index contributed by atoms with van der Waals surface area (Å²) in [5.74, 6) is 2.45. The summed E-state index contributed by atoms with van der Waals surface area (Å²) >= 11 is 0. The van der Waals surface area contributed by atoms with E-state index in [1.54, 1.807) is 13.2 Å². The van der Waals surface area contributed by atoms with E-state index in [9.17, 15) is 13.5 Å². The summed E-state index contributed by atoms with van der Waals surface area (Å²) in [5, 5.41) is 9.83. The molecule has 35 heavy (non-hydrogen) atoms. The molecule has 2 heterocycles. The third-order valence-electron chi connectivity index (χ3n) is 6.49. The molecule has 3 atom stereocenters. The van der Waals surface area contributed by atoms with Crippen LogP contribution in [0.25, 0.3) is 0 Å². The van der Waals surface area contributed by atoms with Crippen molar-refractivity contribution in [2.75, 3.05) is 12.9 Å². The maximum atomic E-state index is 11.9. The summed E-state index contributed by atoms with van der Waals surface area (Å²) in [5.41, 5.74) is 3.84. The van der Waals surface area contributed by atoms with Crippen LogP contribution in [-0.2, 0) is 16.4 Å². The number of nitrogens with zero attached hydrogens (tertiary/aromatic N) is 1. The van der Waals surface area contributed by atoms with Crippen molar-refractivity contribution in [3.63, 3.8) is 0 Å². The Labute approximate surface area is 204 Å². The highest BCUT2D eigenvalue weighted by atomic mass is 32.2. The molecule has 1 fully saturated rings. The second-order valence-corrected chi connectivity index (χ2v) is 10.7. The molecule has 1 saturated heterocycles. The van der Waals surface area contributed by atoms with E-state index in [1.165, 1.54) is 0 Å². The van der Waals surface area contributed by atoms with Crippen molar-refractivity contribution in [1.82, 2.24) is 9.71 Å². The highest BCUT2D eigenvalue weighted by molar-refractivity contribution is 7.89. The summed E-state index contributed by atoms with van der Waals surface area (Å²) in [6.07, 6.45) is 0.855. The van der Waals surface area contributed by atoms with Crippen molar-refractivity contribution in [3.05, 3.63) is 77.0 Å². The van der Waals surface area contributed by atoms with Gasteiger partial charge in [-0.3, -0.25) is 0 Å². The summed E-state index contributed by atoms with van der Waals surface area (Å²) < 4.78 is 43.8. The number of fused-ring (bicyclic) bond motifs is 1. The van der Waals surface area contributed by atoms with Crippen LogP contribution in [0.4, 0.5) is 0 Å². The lowest BCUT2D eigenvalue weighted by Crippen LogP contribution is -2.44. The molecule has 0 saturated carbocycles. The molecule has 0 bridgehead atoms. The number of pyridine rings is 1. The second kappa shape index (κ2) is 9.49. The lowest BCUT2D eigenvalue weighted by molar-refractivity contribution is 0.140. The van der Waals surface area contributed by atoms with E-state index >= 15 is 0 Å². The third-order valence-corrected chi connectivity index (χ3v) is 7.96. The fraction of sp³-hybridized carbons (Fsp3) is 0.346. The zero-order valence-electron chi connectivity index (χ0n) is 19.6. The van der Waals surface area contributed by atoms with Gasteiger partial charge in [-0.2, -0.15) is 4.72 Å². The Morgan fingerprint density at radius 3 is 2.57 bits per heavy atom. The van der Waals surface area contributed by atoms with Crippen LogP contribution in [0.3, 0.4) is 0 Å². The number of nitrogens with one attached hydrogen (secondary N) is 1. The minimum absolute atomic E-state index is 0.0355. The average Bonchev–Trinajstić information content (AvgIpc) is 3.23. The van der Waals surface area contributed by atoms with Crippen LogP contribution < -0.4 is 18.9 Å². The van der Waals surface area contributed by atoms with E-state index in [0.29, 0.717) is 23.8 Å². The Morgan fingerprint density at radius 2 is 1.86 bits per heavy atom. The molecular weight excluding hydrogens is 468 g/mol. The van der Waals surface area contributed by atoms with Gasteiger partial charge in [0.25, 0.3) is 0 Å². The molecule has 0 radical (unpaired) electrons. The van der Waals surface area contributed by atoms with Gasteiger partial charge in [-0.25, -0.2) is 13.4 Å². The predicted molar refractivity (Wildman–Crippen MR) is 130 cm³/mol. The number of methoxy groups -OCH3 is 1. The van der Waals surface area contributed by atoms with Crippen LogP contribution in [0.1, 0.15) is 47.2 Å². The number of benzene rings is 2. The molecule has 0 amide bonds. The average molecular weight is 497 g/mol. The number of aromatic nitrogens is 1. The Bertz CT molecular complexity index is 1330. The smallest absolute Gasteiger partial charge is 0.214 e. The Balaban J connectivity index is 1.30. The minimum atomic E-state index is -3.48. The summed E-state index contributed by atoms with van der Waals surface area (Å²) in [6, 6.07) is 17.1. The number of rotatable bonds is 6. The van der Waals surface area contributed by atoms with E-state index in [-0.39, 0.29) is 17.8 Å². The van der Waals surface area contributed by atoms with Crippen molar-refractivity contribution in [3.8, 4) is 23.1 Å². The number of hydrogen-bond acceptors (Lipinski definition) is 7. The lowest BCUT2D eigenvalue weighted by Gasteiger charge is -2.27. The van der Waals surface area contributed by atoms with Gasteiger partial charge in [0.15, 0.2) is 0 Å².